The Kier molecular flexibility index (Phi) is 6.09. The fourth-order valence-electron chi connectivity index (χ4n) is 3.40. The van der Waals surface area contributed by atoms with Gasteiger partial charge in [0.2, 0.25) is 0 Å². The van der Waals surface area contributed by atoms with E-state index in [4.69, 9.17) is 21.1 Å². The van der Waals surface area contributed by atoms with Gasteiger partial charge in [-0.05, 0) is 54.5 Å². The van der Waals surface area contributed by atoms with Crippen molar-refractivity contribution in [3.63, 3.8) is 0 Å². The number of benzene rings is 2. The summed E-state index contributed by atoms with van der Waals surface area (Å²) in [5.74, 6) is 0.0706. The Morgan fingerprint density at radius 3 is 2.67 bits per heavy atom. The van der Waals surface area contributed by atoms with Crippen molar-refractivity contribution in [2.45, 2.75) is 48.7 Å². The van der Waals surface area contributed by atoms with E-state index in [-0.39, 0.29) is 17.8 Å². The lowest BCUT2D eigenvalue weighted by atomic mass is 9.92. The van der Waals surface area contributed by atoms with Gasteiger partial charge in [-0.15, -0.1) is 0 Å². The lowest BCUT2D eigenvalue weighted by Crippen LogP contribution is -2.38. The molecule has 156 valence electrons. The molecule has 30 heavy (non-hydrogen) atoms. The second kappa shape index (κ2) is 8.76. The monoisotopic (exact) mass is 444 g/mol. The SMILES string of the molecule is COC1CC(Oc2cc(Cl)c(C#N)cc2NSc2cc(C(=O)O)ccc2C2CC2)C1. The van der Waals surface area contributed by atoms with Crippen molar-refractivity contribution in [2.24, 2.45) is 0 Å². The third-order valence-corrected chi connectivity index (χ3v) is 6.63. The maximum absolute atomic E-state index is 11.4. The molecule has 0 unspecified atom stereocenters. The van der Waals surface area contributed by atoms with Gasteiger partial charge in [0.1, 0.15) is 17.9 Å². The summed E-state index contributed by atoms with van der Waals surface area (Å²) in [5, 5.41) is 19.0. The minimum Gasteiger partial charge on any atom is -0.488 e. The average molecular weight is 445 g/mol. The molecule has 6 nitrogen and oxygen atoms in total. The molecule has 0 amide bonds. The zero-order valence-corrected chi connectivity index (χ0v) is 17.9. The van der Waals surface area contributed by atoms with Crippen molar-refractivity contribution >= 4 is 35.2 Å². The van der Waals surface area contributed by atoms with Gasteiger partial charge in [-0.2, -0.15) is 5.26 Å². The van der Waals surface area contributed by atoms with Gasteiger partial charge in [-0.3, -0.25) is 0 Å². The molecule has 0 saturated heterocycles. The fourth-order valence-corrected chi connectivity index (χ4v) is 4.51. The standard InChI is InChI=1S/C22H21ClN2O4S/c1-28-15-8-16(9-15)29-20-10-18(23)14(11-24)6-19(20)25-30-21-7-13(22(26)27)4-5-17(21)12-2-3-12/h4-7,10,12,15-16,25H,2-3,8-9H2,1H3,(H,26,27). The molecule has 2 aromatic carbocycles. The molecule has 0 heterocycles. The van der Waals surface area contributed by atoms with Gasteiger partial charge >= 0.3 is 5.97 Å². The van der Waals surface area contributed by atoms with Crippen LogP contribution in [0.25, 0.3) is 0 Å². The Bertz CT molecular complexity index is 1010. The largest absolute Gasteiger partial charge is 0.488 e. The minimum atomic E-state index is -0.959. The number of carboxylic acids is 1. The number of hydrogen-bond acceptors (Lipinski definition) is 6. The average Bonchev–Trinajstić information content (AvgIpc) is 3.54. The number of aromatic carboxylic acids is 1. The van der Waals surface area contributed by atoms with Crippen molar-refractivity contribution in [3.8, 4) is 11.8 Å². The first-order valence-corrected chi connectivity index (χ1v) is 10.9. The number of methoxy groups -OCH3 is 1. The molecule has 0 spiro atoms. The van der Waals surface area contributed by atoms with Gasteiger partial charge in [0.05, 0.1) is 27.9 Å². The molecule has 2 aliphatic carbocycles. The Morgan fingerprint density at radius 2 is 2.03 bits per heavy atom. The van der Waals surface area contributed by atoms with Gasteiger partial charge < -0.3 is 19.3 Å². The number of nitrogens with zero attached hydrogens (tertiary/aromatic N) is 1. The second-order valence-corrected chi connectivity index (χ2v) is 8.80. The molecule has 0 aliphatic heterocycles. The van der Waals surface area contributed by atoms with Crippen molar-refractivity contribution in [1.29, 1.82) is 5.26 Å². The van der Waals surface area contributed by atoms with Gasteiger partial charge in [0.15, 0.2) is 0 Å². The molecule has 0 radical (unpaired) electrons. The van der Waals surface area contributed by atoms with Crippen LogP contribution in [0.3, 0.4) is 0 Å². The summed E-state index contributed by atoms with van der Waals surface area (Å²) in [7, 11) is 1.69. The summed E-state index contributed by atoms with van der Waals surface area (Å²) in [5.41, 5.74) is 2.35. The summed E-state index contributed by atoms with van der Waals surface area (Å²) in [6.45, 7) is 0. The number of nitrogens with one attached hydrogen (secondary N) is 1. The van der Waals surface area contributed by atoms with Crippen LogP contribution in [0.2, 0.25) is 5.02 Å². The van der Waals surface area contributed by atoms with Crippen LogP contribution >= 0.6 is 23.5 Å². The highest BCUT2D eigenvalue weighted by Gasteiger charge is 2.32. The number of carboxylic acid groups (broad SMARTS) is 1. The van der Waals surface area contributed by atoms with E-state index in [1.165, 1.54) is 11.9 Å². The lowest BCUT2D eigenvalue weighted by molar-refractivity contribution is -0.0378. The fraction of sp³-hybridized carbons (Fsp3) is 0.364. The summed E-state index contributed by atoms with van der Waals surface area (Å²) < 4.78 is 14.7. The van der Waals surface area contributed by atoms with Crippen molar-refractivity contribution in [3.05, 3.63) is 52.0 Å². The molecule has 2 N–H and O–H groups in total. The van der Waals surface area contributed by atoms with Gasteiger partial charge in [-0.25, -0.2) is 4.79 Å². The van der Waals surface area contributed by atoms with Crippen molar-refractivity contribution < 1.29 is 19.4 Å². The normalized spacial score (nSPS) is 20.2. The predicted octanol–water partition coefficient (Wildman–Crippen LogP) is 5.46. The first-order valence-electron chi connectivity index (χ1n) is 9.71. The summed E-state index contributed by atoms with van der Waals surface area (Å²) in [6.07, 6.45) is 4.05. The summed E-state index contributed by atoms with van der Waals surface area (Å²) in [6, 6.07) is 10.6. The highest BCUT2D eigenvalue weighted by molar-refractivity contribution is 8.00. The smallest absolute Gasteiger partial charge is 0.335 e. The van der Waals surface area contributed by atoms with Crippen LogP contribution < -0.4 is 9.46 Å². The molecule has 2 fully saturated rings. The van der Waals surface area contributed by atoms with Gasteiger partial charge in [0.25, 0.3) is 0 Å². The molecule has 0 aromatic heterocycles. The zero-order valence-electron chi connectivity index (χ0n) is 16.4. The van der Waals surface area contributed by atoms with E-state index in [1.807, 2.05) is 6.07 Å². The molecule has 2 aromatic rings. The van der Waals surface area contributed by atoms with E-state index >= 15 is 0 Å². The van der Waals surface area contributed by atoms with Crippen molar-refractivity contribution in [2.75, 3.05) is 11.8 Å². The van der Waals surface area contributed by atoms with Crippen LogP contribution in [-0.2, 0) is 4.74 Å². The van der Waals surface area contributed by atoms with E-state index in [0.29, 0.717) is 27.9 Å². The van der Waals surface area contributed by atoms with E-state index in [9.17, 15) is 15.2 Å². The second-order valence-electron chi connectivity index (χ2n) is 7.55. The highest BCUT2D eigenvalue weighted by atomic mass is 35.5. The van der Waals surface area contributed by atoms with E-state index in [2.05, 4.69) is 10.8 Å². The molecule has 2 saturated carbocycles. The van der Waals surface area contributed by atoms with E-state index in [0.717, 1.165) is 36.1 Å². The zero-order chi connectivity index (χ0) is 21.3. The number of hydrogen-bond donors (Lipinski definition) is 2. The van der Waals surface area contributed by atoms with Crippen LogP contribution in [0.1, 0.15) is 53.1 Å². The molecule has 4 rings (SSSR count). The predicted molar refractivity (Wildman–Crippen MR) is 115 cm³/mol. The van der Waals surface area contributed by atoms with Crippen LogP contribution in [0.5, 0.6) is 5.75 Å². The lowest BCUT2D eigenvalue weighted by Gasteiger charge is -2.34. The third-order valence-electron chi connectivity index (χ3n) is 5.42. The number of halogens is 1. The number of ether oxygens (including phenoxy) is 2. The van der Waals surface area contributed by atoms with Crippen LogP contribution in [0.15, 0.2) is 35.2 Å². The molecular weight excluding hydrogens is 424 g/mol. The Balaban J connectivity index is 1.57. The molecule has 0 bridgehead atoms. The Labute approximate surface area is 184 Å². The number of nitriles is 1. The maximum atomic E-state index is 11.4. The van der Waals surface area contributed by atoms with Crippen molar-refractivity contribution in [1.82, 2.24) is 0 Å². The van der Waals surface area contributed by atoms with Gasteiger partial charge in [0, 0.05) is 30.9 Å². The summed E-state index contributed by atoms with van der Waals surface area (Å²) >= 11 is 7.55. The maximum Gasteiger partial charge on any atom is 0.335 e. The number of rotatable bonds is 8. The highest BCUT2D eigenvalue weighted by Crippen LogP contribution is 2.45. The van der Waals surface area contributed by atoms with Gasteiger partial charge in [-0.1, -0.05) is 17.7 Å². The van der Waals surface area contributed by atoms with E-state index in [1.54, 1.807) is 31.4 Å². The minimum absolute atomic E-state index is 0.0295. The van der Waals surface area contributed by atoms with Crippen LogP contribution in [0, 0.1) is 11.3 Å². The molecule has 8 heteroatoms. The number of anilines is 1. The van der Waals surface area contributed by atoms with E-state index < -0.39 is 5.97 Å². The van der Waals surface area contributed by atoms with Crippen LogP contribution in [-0.4, -0.2) is 30.4 Å². The molecular formula is C22H21ClN2O4S. The third kappa shape index (κ3) is 4.51. The number of carbonyl (C=O) groups is 1. The molecule has 0 atom stereocenters. The first-order chi connectivity index (χ1) is 14.5. The summed E-state index contributed by atoms with van der Waals surface area (Å²) in [4.78, 5) is 12.3. The Hall–Kier alpha value is -2.40. The Morgan fingerprint density at radius 1 is 1.27 bits per heavy atom. The first kappa shape index (κ1) is 20.9. The topological polar surface area (TPSA) is 91.6 Å². The van der Waals surface area contributed by atoms with Crippen LogP contribution in [0.4, 0.5) is 5.69 Å². The quantitative estimate of drug-likeness (QED) is 0.522. The molecule has 2 aliphatic rings.